The van der Waals surface area contributed by atoms with Gasteiger partial charge < -0.3 is 19.5 Å². The van der Waals surface area contributed by atoms with Gasteiger partial charge in [0.05, 0.1) is 19.9 Å². The summed E-state index contributed by atoms with van der Waals surface area (Å²) < 4.78 is 15.7. The molecule has 6 heteroatoms. The van der Waals surface area contributed by atoms with Gasteiger partial charge in [-0.3, -0.25) is 4.79 Å². The normalized spacial score (nSPS) is 10.1. The number of anilines is 1. The first-order chi connectivity index (χ1) is 12.2. The molecule has 2 aromatic carbocycles. The molecule has 0 atom stereocenters. The fourth-order valence-corrected chi connectivity index (χ4v) is 2.11. The summed E-state index contributed by atoms with van der Waals surface area (Å²) in [5.41, 5.74) is 1.36. The smallest absolute Gasteiger partial charge is 0.248 e. The van der Waals surface area contributed by atoms with Crippen molar-refractivity contribution in [2.24, 2.45) is 0 Å². The second-order valence-electron chi connectivity index (χ2n) is 4.88. The highest BCUT2D eigenvalue weighted by atomic mass is 16.5. The largest absolute Gasteiger partial charge is 0.495 e. The van der Waals surface area contributed by atoms with Gasteiger partial charge in [0.25, 0.3) is 0 Å². The second-order valence-corrected chi connectivity index (χ2v) is 4.88. The lowest BCUT2D eigenvalue weighted by molar-refractivity contribution is -0.111. The number of carbonyl (C=O) groups is 1. The second kappa shape index (κ2) is 8.99. The number of rotatable bonds is 7. The standard InChI is InChI=1S/C19H18N2O4/c1-23-16-6-4-3-5-15(16)21-19(22)10-8-14-7-9-17(25-12-11-20)18(13-14)24-2/h3-10,13H,12H2,1-2H3,(H,21,22). The van der Waals surface area contributed by atoms with Crippen molar-refractivity contribution in [2.45, 2.75) is 0 Å². The Morgan fingerprint density at radius 1 is 1.12 bits per heavy atom. The zero-order chi connectivity index (χ0) is 18.1. The molecule has 0 saturated carbocycles. The zero-order valence-corrected chi connectivity index (χ0v) is 14.0. The minimum absolute atomic E-state index is 0.0626. The van der Waals surface area contributed by atoms with E-state index in [1.165, 1.54) is 13.2 Å². The van der Waals surface area contributed by atoms with E-state index < -0.39 is 0 Å². The van der Waals surface area contributed by atoms with Crippen LogP contribution in [0.4, 0.5) is 5.69 Å². The van der Waals surface area contributed by atoms with Crippen LogP contribution >= 0.6 is 0 Å². The molecule has 1 N–H and O–H groups in total. The Hall–Kier alpha value is -3.46. The highest BCUT2D eigenvalue weighted by Gasteiger charge is 2.06. The summed E-state index contributed by atoms with van der Waals surface area (Å²) in [5, 5.41) is 11.3. The van der Waals surface area contributed by atoms with Gasteiger partial charge in [0.15, 0.2) is 18.1 Å². The molecule has 6 nitrogen and oxygen atoms in total. The van der Waals surface area contributed by atoms with E-state index >= 15 is 0 Å². The monoisotopic (exact) mass is 338 g/mol. The number of hydrogen-bond acceptors (Lipinski definition) is 5. The molecule has 0 radical (unpaired) electrons. The van der Waals surface area contributed by atoms with E-state index in [0.717, 1.165) is 5.56 Å². The predicted octanol–water partition coefficient (Wildman–Crippen LogP) is 3.26. The summed E-state index contributed by atoms with van der Waals surface area (Å²) in [6.45, 7) is -0.0626. The lowest BCUT2D eigenvalue weighted by atomic mass is 10.2. The maximum atomic E-state index is 12.1. The van der Waals surface area contributed by atoms with Crippen molar-refractivity contribution in [3.05, 3.63) is 54.1 Å². The number of nitrogens with zero attached hydrogens (tertiary/aromatic N) is 1. The van der Waals surface area contributed by atoms with Crippen LogP contribution in [0.25, 0.3) is 6.08 Å². The van der Waals surface area contributed by atoms with Gasteiger partial charge in [-0.05, 0) is 35.9 Å². The fourth-order valence-electron chi connectivity index (χ4n) is 2.11. The van der Waals surface area contributed by atoms with Gasteiger partial charge in [-0.15, -0.1) is 0 Å². The van der Waals surface area contributed by atoms with E-state index in [1.807, 2.05) is 18.2 Å². The van der Waals surface area contributed by atoms with Gasteiger partial charge >= 0.3 is 0 Å². The van der Waals surface area contributed by atoms with Crippen LogP contribution in [0, 0.1) is 11.3 Å². The molecule has 0 saturated heterocycles. The number of carbonyl (C=O) groups excluding carboxylic acids is 1. The lowest BCUT2D eigenvalue weighted by Gasteiger charge is -2.09. The van der Waals surface area contributed by atoms with Crippen LogP contribution < -0.4 is 19.5 Å². The minimum Gasteiger partial charge on any atom is -0.495 e. The molecule has 0 spiro atoms. The fraction of sp³-hybridized carbons (Fsp3) is 0.158. The van der Waals surface area contributed by atoms with Gasteiger partial charge in [0, 0.05) is 6.08 Å². The zero-order valence-electron chi connectivity index (χ0n) is 14.0. The maximum Gasteiger partial charge on any atom is 0.248 e. The summed E-state index contributed by atoms with van der Waals surface area (Å²) in [5.74, 6) is 1.26. The number of methoxy groups -OCH3 is 2. The van der Waals surface area contributed by atoms with Gasteiger partial charge in [-0.25, -0.2) is 0 Å². The molecule has 0 fully saturated rings. The molecule has 0 aliphatic carbocycles. The average molecular weight is 338 g/mol. The van der Waals surface area contributed by atoms with Crippen molar-refractivity contribution in [1.82, 2.24) is 0 Å². The average Bonchev–Trinajstić information content (AvgIpc) is 2.65. The number of hydrogen-bond donors (Lipinski definition) is 1. The molecule has 2 aromatic rings. The van der Waals surface area contributed by atoms with Crippen molar-refractivity contribution in [3.63, 3.8) is 0 Å². The topological polar surface area (TPSA) is 80.6 Å². The first kappa shape index (κ1) is 17.9. The van der Waals surface area contributed by atoms with Crippen LogP contribution in [0.15, 0.2) is 48.5 Å². The molecule has 0 heterocycles. The number of ether oxygens (including phenoxy) is 3. The molecule has 0 bridgehead atoms. The number of nitrogens with one attached hydrogen (secondary N) is 1. The van der Waals surface area contributed by atoms with Crippen LogP contribution in [-0.4, -0.2) is 26.7 Å². The Labute approximate surface area is 146 Å². The Morgan fingerprint density at radius 2 is 1.88 bits per heavy atom. The Kier molecular flexibility index (Phi) is 6.43. The molecular weight excluding hydrogens is 320 g/mol. The van der Waals surface area contributed by atoms with Gasteiger partial charge in [-0.1, -0.05) is 18.2 Å². The molecule has 1 amide bonds. The van der Waals surface area contributed by atoms with Crippen molar-refractivity contribution in [2.75, 3.05) is 26.1 Å². The number of nitriles is 1. The first-order valence-electron chi connectivity index (χ1n) is 7.47. The maximum absolute atomic E-state index is 12.1. The molecule has 128 valence electrons. The van der Waals surface area contributed by atoms with E-state index in [-0.39, 0.29) is 12.5 Å². The molecular formula is C19H18N2O4. The third-order valence-electron chi connectivity index (χ3n) is 3.27. The van der Waals surface area contributed by atoms with Crippen LogP contribution in [-0.2, 0) is 4.79 Å². The van der Waals surface area contributed by atoms with Crippen molar-refractivity contribution in [1.29, 1.82) is 5.26 Å². The van der Waals surface area contributed by atoms with E-state index in [2.05, 4.69) is 5.32 Å². The Morgan fingerprint density at radius 3 is 2.60 bits per heavy atom. The Balaban J connectivity index is 2.08. The summed E-state index contributed by atoms with van der Waals surface area (Å²) in [6, 6.07) is 14.2. The van der Waals surface area contributed by atoms with Crippen molar-refractivity contribution < 1.29 is 19.0 Å². The van der Waals surface area contributed by atoms with Crippen molar-refractivity contribution >= 4 is 17.7 Å². The summed E-state index contributed by atoms with van der Waals surface area (Å²) >= 11 is 0. The number of para-hydroxylation sites is 2. The third-order valence-corrected chi connectivity index (χ3v) is 3.27. The predicted molar refractivity (Wildman–Crippen MR) is 94.8 cm³/mol. The summed E-state index contributed by atoms with van der Waals surface area (Å²) in [4.78, 5) is 12.1. The third kappa shape index (κ3) is 5.01. The van der Waals surface area contributed by atoms with E-state index in [0.29, 0.717) is 22.9 Å². The van der Waals surface area contributed by atoms with Crippen molar-refractivity contribution in [3.8, 4) is 23.3 Å². The summed E-state index contributed by atoms with van der Waals surface area (Å²) in [7, 11) is 3.06. The van der Waals surface area contributed by atoms with Gasteiger partial charge in [-0.2, -0.15) is 5.26 Å². The number of benzene rings is 2. The Bertz CT molecular complexity index is 809. The van der Waals surface area contributed by atoms with Crippen LogP contribution in [0.1, 0.15) is 5.56 Å². The molecule has 25 heavy (non-hydrogen) atoms. The first-order valence-corrected chi connectivity index (χ1v) is 7.47. The molecule has 0 aromatic heterocycles. The molecule has 0 aliphatic rings. The molecule has 0 unspecified atom stereocenters. The number of amides is 1. The summed E-state index contributed by atoms with van der Waals surface area (Å²) in [6.07, 6.45) is 3.07. The van der Waals surface area contributed by atoms with Crippen LogP contribution in [0.3, 0.4) is 0 Å². The quantitative estimate of drug-likeness (QED) is 0.784. The highest BCUT2D eigenvalue weighted by Crippen LogP contribution is 2.28. The van der Waals surface area contributed by atoms with Gasteiger partial charge in [0.2, 0.25) is 5.91 Å². The highest BCUT2D eigenvalue weighted by molar-refractivity contribution is 6.02. The van der Waals surface area contributed by atoms with E-state index in [1.54, 1.807) is 43.5 Å². The minimum atomic E-state index is -0.284. The van der Waals surface area contributed by atoms with Crippen LogP contribution in [0.2, 0.25) is 0 Å². The SMILES string of the molecule is COc1ccccc1NC(=O)C=Cc1ccc(OCC#N)c(OC)c1. The molecule has 0 aliphatic heterocycles. The lowest BCUT2D eigenvalue weighted by Crippen LogP contribution is -2.08. The molecule has 2 rings (SSSR count). The van der Waals surface area contributed by atoms with Gasteiger partial charge in [0.1, 0.15) is 11.8 Å². The van der Waals surface area contributed by atoms with Crippen LogP contribution in [0.5, 0.6) is 17.2 Å². The van der Waals surface area contributed by atoms with E-state index in [4.69, 9.17) is 19.5 Å². The van der Waals surface area contributed by atoms with E-state index in [9.17, 15) is 4.79 Å².